The quantitative estimate of drug-likeness (QED) is 0.887. The van der Waals surface area contributed by atoms with Crippen LogP contribution in [0.15, 0.2) is 24.9 Å². The van der Waals surface area contributed by atoms with Gasteiger partial charge in [0, 0.05) is 39.2 Å². The van der Waals surface area contributed by atoms with Crippen molar-refractivity contribution in [2.45, 2.75) is 6.10 Å². The summed E-state index contributed by atoms with van der Waals surface area (Å²) >= 11 is 0. The first-order chi connectivity index (χ1) is 10.7. The zero-order chi connectivity index (χ0) is 15.5. The topological polar surface area (TPSA) is 85.2 Å². The summed E-state index contributed by atoms with van der Waals surface area (Å²) in [5.74, 6) is 0.573. The molecule has 1 unspecified atom stereocenters. The van der Waals surface area contributed by atoms with Crippen molar-refractivity contribution in [3.8, 4) is 0 Å². The van der Waals surface area contributed by atoms with Gasteiger partial charge in [-0.3, -0.25) is 9.78 Å². The normalized spacial score (nSPS) is 18.3. The Morgan fingerprint density at radius 2 is 2.18 bits per heavy atom. The summed E-state index contributed by atoms with van der Waals surface area (Å²) in [5, 5.41) is 3.00. The van der Waals surface area contributed by atoms with Gasteiger partial charge >= 0.3 is 0 Å². The van der Waals surface area contributed by atoms with E-state index in [0.29, 0.717) is 36.9 Å². The van der Waals surface area contributed by atoms with Crippen molar-refractivity contribution in [1.29, 1.82) is 0 Å². The van der Waals surface area contributed by atoms with E-state index >= 15 is 0 Å². The first kappa shape index (κ1) is 14.5. The Labute approximate surface area is 128 Å². The molecule has 1 atom stereocenters. The highest BCUT2D eigenvalue weighted by atomic mass is 16.5. The predicted octanol–water partition coefficient (Wildman–Crippen LogP) is 0.465. The molecule has 1 saturated heterocycles. The van der Waals surface area contributed by atoms with Gasteiger partial charge in [0.25, 0.3) is 5.91 Å². The number of aryl methyl sites for hydroxylation is 1. The molecule has 2 aromatic heterocycles. The number of ether oxygens (including phenoxy) is 1. The van der Waals surface area contributed by atoms with Crippen LogP contribution in [-0.2, 0) is 11.8 Å². The maximum Gasteiger partial charge on any atom is 0.274 e. The Hall–Kier alpha value is -2.48. The fraction of sp³-hybridized carbons (Fsp3) is 0.429. The standard InChI is InChI=1S/C14H18N6O2/c1-15-13-12(16-3-4-17-13)11-8-20(5-6-22-11)14(21)10-7-19(2)9-18-10/h3-4,7,9,11H,5-6,8H2,1-2H3,(H,15,17). The van der Waals surface area contributed by atoms with Crippen molar-refractivity contribution in [1.82, 2.24) is 24.4 Å². The largest absolute Gasteiger partial charge is 0.372 e. The maximum atomic E-state index is 12.5. The highest BCUT2D eigenvalue weighted by molar-refractivity contribution is 5.92. The molecular weight excluding hydrogens is 284 g/mol. The highest BCUT2D eigenvalue weighted by Crippen LogP contribution is 2.25. The molecule has 0 bridgehead atoms. The van der Waals surface area contributed by atoms with Gasteiger partial charge in [-0.15, -0.1) is 0 Å². The first-order valence-electron chi connectivity index (χ1n) is 7.06. The molecule has 8 heteroatoms. The van der Waals surface area contributed by atoms with Gasteiger partial charge < -0.3 is 19.5 Å². The van der Waals surface area contributed by atoms with Crippen LogP contribution in [0.25, 0.3) is 0 Å². The number of carbonyl (C=O) groups excluding carboxylic acids is 1. The molecule has 1 N–H and O–H groups in total. The van der Waals surface area contributed by atoms with Crippen LogP contribution in [0, 0.1) is 0 Å². The number of hydrogen-bond acceptors (Lipinski definition) is 6. The average molecular weight is 302 g/mol. The Morgan fingerprint density at radius 1 is 1.36 bits per heavy atom. The summed E-state index contributed by atoms with van der Waals surface area (Å²) in [6.45, 7) is 1.44. The van der Waals surface area contributed by atoms with E-state index in [0.717, 1.165) is 0 Å². The predicted molar refractivity (Wildman–Crippen MR) is 79.4 cm³/mol. The second-order valence-electron chi connectivity index (χ2n) is 5.08. The number of carbonyl (C=O) groups is 1. The number of anilines is 1. The molecule has 1 aliphatic heterocycles. The SMILES string of the molecule is CNc1nccnc1C1CN(C(=O)c2cn(C)cn2)CCO1. The molecule has 116 valence electrons. The van der Waals surface area contributed by atoms with Gasteiger partial charge in [-0.1, -0.05) is 0 Å². The minimum Gasteiger partial charge on any atom is -0.372 e. The smallest absolute Gasteiger partial charge is 0.274 e. The third-order valence-electron chi connectivity index (χ3n) is 3.55. The van der Waals surface area contributed by atoms with E-state index in [1.54, 1.807) is 41.4 Å². The fourth-order valence-electron chi connectivity index (χ4n) is 2.46. The lowest BCUT2D eigenvalue weighted by molar-refractivity contribution is -0.0247. The van der Waals surface area contributed by atoms with Crippen molar-refractivity contribution >= 4 is 11.7 Å². The molecule has 1 fully saturated rings. The molecule has 0 radical (unpaired) electrons. The number of aromatic nitrogens is 4. The van der Waals surface area contributed by atoms with Gasteiger partial charge in [0.1, 0.15) is 23.3 Å². The van der Waals surface area contributed by atoms with Crippen molar-refractivity contribution < 1.29 is 9.53 Å². The number of amides is 1. The molecule has 3 heterocycles. The second-order valence-corrected chi connectivity index (χ2v) is 5.08. The molecule has 1 amide bonds. The molecule has 8 nitrogen and oxygen atoms in total. The van der Waals surface area contributed by atoms with E-state index in [-0.39, 0.29) is 12.0 Å². The maximum absolute atomic E-state index is 12.5. The zero-order valence-corrected chi connectivity index (χ0v) is 12.6. The van der Waals surface area contributed by atoms with Gasteiger partial charge in [0.15, 0.2) is 0 Å². The number of hydrogen-bond donors (Lipinski definition) is 1. The second kappa shape index (κ2) is 6.10. The summed E-state index contributed by atoms with van der Waals surface area (Å²) in [4.78, 5) is 26.9. The number of rotatable bonds is 3. The van der Waals surface area contributed by atoms with E-state index in [2.05, 4.69) is 20.3 Å². The minimum atomic E-state index is -0.294. The van der Waals surface area contributed by atoms with E-state index in [1.807, 2.05) is 7.05 Å². The lowest BCUT2D eigenvalue weighted by Gasteiger charge is -2.32. The zero-order valence-electron chi connectivity index (χ0n) is 12.6. The summed E-state index contributed by atoms with van der Waals surface area (Å²) in [5.41, 5.74) is 1.15. The van der Waals surface area contributed by atoms with Gasteiger partial charge in [-0.25, -0.2) is 9.97 Å². The molecule has 0 spiro atoms. The van der Waals surface area contributed by atoms with E-state index in [1.165, 1.54) is 0 Å². The van der Waals surface area contributed by atoms with Crippen LogP contribution in [-0.4, -0.2) is 57.1 Å². The summed E-state index contributed by atoms with van der Waals surface area (Å²) in [6.07, 6.45) is 6.28. The lowest BCUT2D eigenvalue weighted by atomic mass is 10.2. The molecule has 0 aliphatic carbocycles. The van der Waals surface area contributed by atoms with Crippen LogP contribution in [0.5, 0.6) is 0 Å². The van der Waals surface area contributed by atoms with Gasteiger partial charge in [-0.05, 0) is 0 Å². The van der Waals surface area contributed by atoms with E-state index < -0.39 is 0 Å². The monoisotopic (exact) mass is 302 g/mol. The average Bonchev–Trinajstić information content (AvgIpc) is 3.00. The molecule has 2 aromatic rings. The molecule has 0 saturated carbocycles. The van der Waals surface area contributed by atoms with E-state index in [9.17, 15) is 4.79 Å². The third-order valence-corrected chi connectivity index (χ3v) is 3.55. The summed E-state index contributed by atoms with van der Waals surface area (Å²) in [7, 11) is 3.62. The molecule has 1 aliphatic rings. The van der Waals surface area contributed by atoms with Crippen LogP contribution < -0.4 is 5.32 Å². The number of nitrogens with one attached hydrogen (secondary N) is 1. The first-order valence-corrected chi connectivity index (χ1v) is 7.06. The Balaban J connectivity index is 1.78. The molecule has 22 heavy (non-hydrogen) atoms. The summed E-state index contributed by atoms with van der Waals surface area (Å²) < 4.78 is 7.52. The highest BCUT2D eigenvalue weighted by Gasteiger charge is 2.29. The molecule has 3 rings (SSSR count). The van der Waals surface area contributed by atoms with Crippen LogP contribution in [0.1, 0.15) is 22.3 Å². The minimum absolute atomic E-state index is 0.0937. The Kier molecular flexibility index (Phi) is 4.01. The number of nitrogens with zero attached hydrogens (tertiary/aromatic N) is 5. The van der Waals surface area contributed by atoms with Gasteiger partial charge in [0.2, 0.25) is 0 Å². The molecule has 0 aromatic carbocycles. The third kappa shape index (κ3) is 2.77. The lowest BCUT2D eigenvalue weighted by Crippen LogP contribution is -2.42. The molecular formula is C14H18N6O2. The van der Waals surface area contributed by atoms with E-state index in [4.69, 9.17) is 4.74 Å². The van der Waals surface area contributed by atoms with Gasteiger partial charge in [-0.2, -0.15) is 0 Å². The van der Waals surface area contributed by atoms with Crippen LogP contribution >= 0.6 is 0 Å². The van der Waals surface area contributed by atoms with Crippen LogP contribution in [0.2, 0.25) is 0 Å². The number of morpholine rings is 1. The Morgan fingerprint density at radius 3 is 2.91 bits per heavy atom. The van der Waals surface area contributed by atoms with Crippen LogP contribution in [0.3, 0.4) is 0 Å². The Bertz CT molecular complexity index is 671. The van der Waals surface area contributed by atoms with Crippen molar-refractivity contribution in [2.75, 3.05) is 32.1 Å². The fourth-order valence-corrected chi connectivity index (χ4v) is 2.46. The van der Waals surface area contributed by atoms with Crippen molar-refractivity contribution in [3.05, 3.63) is 36.3 Å². The number of imidazole rings is 1. The van der Waals surface area contributed by atoms with Gasteiger partial charge in [0.05, 0.1) is 19.5 Å². The van der Waals surface area contributed by atoms with Crippen LogP contribution in [0.4, 0.5) is 5.82 Å². The van der Waals surface area contributed by atoms with Crippen molar-refractivity contribution in [3.63, 3.8) is 0 Å². The van der Waals surface area contributed by atoms with Crippen molar-refractivity contribution in [2.24, 2.45) is 7.05 Å². The summed E-state index contributed by atoms with van der Waals surface area (Å²) in [6, 6.07) is 0.